The first kappa shape index (κ1) is 10.2. The Labute approximate surface area is 89.9 Å². The highest BCUT2D eigenvalue weighted by Crippen LogP contribution is 2.17. The summed E-state index contributed by atoms with van der Waals surface area (Å²) < 4.78 is 0. The fourth-order valence-electron chi connectivity index (χ4n) is 1.77. The van der Waals surface area contributed by atoms with Crippen molar-refractivity contribution in [2.75, 3.05) is 7.05 Å². The van der Waals surface area contributed by atoms with Gasteiger partial charge in [0.1, 0.15) is 0 Å². The molecule has 2 rings (SSSR count). The van der Waals surface area contributed by atoms with Gasteiger partial charge < -0.3 is 5.32 Å². The third-order valence-corrected chi connectivity index (χ3v) is 2.84. The van der Waals surface area contributed by atoms with E-state index in [0.717, 1.165) is 17.6 Å². The van der Waals surface area contributed by atoms with Crippen LogP contribution in [0.4, 0.5) is 0 Å². The molecule has 1 atom stereocenters. The number of benzene rings is 1. The van der Waals surface area contributed by atoms with Gasteiger partial charge in [-0.25, -0.2) is 0 Å². The second-order valence-corrected chi connectivity index (χ2v) is 4.09. The molecule has 3 nitrogen and oxygen atoms in total. The Balaban J connectivity index is 2.33. The highest BCUT2D eigenvalue weighted by atomic mass is 15.1. The molecule has 0 radical (unpaired) electrons. The molecule has 1 heterocycles. The minimum absolute atomic E-state index is 0.509. The summed E-state index contributed by atoms with van der Waals surface area (Å²) >= 11 is 0. The molecule has 0 bridgehead atoms. The summed E-state index contributed by atoms with van der Waals surface area (Å²) in [6.07, 6.45) is 1.05. The molecule has 0 spiro atoms. The smallest absolute Gasteiger partial charge is 0.0923 e. The van der Waals surface area contributed by atoms with Crippen molar-refractivity contribution in [3.63, 3.8) is 0 Å². The van der Waals surface area contributed by atoms with Crippen LogP contribution in [-0.2, 0) is 6.42 Å². The lowest BCUT2D eigenvalue weighted by atomic mass is 10.0. The molecule has 15 heavy (non-hydrogen) atoms. The number of nitrogens with zero attached hydrogens (tertiary/aromatic N) is 1. The number of rotatable bonds is 3. The first-order valence-corrected chi connectivity index (χ1v) is 5.31. The fraction of sp³-hybridized carbons (Fsp3) is 0.417. The Hall–Kier alpha value is -1.35. The molecule has 0 saturated carbocycles. The topological polar surface area (TPSA) is 40.7 Å². The van der Waals surface area contributed by atoms with E-state index in [1.165, 1.54) is 10.9 Å². The lowest BCUT2D eigenvalue weighted by Crippen LogP contribution is -2.23. The number of H-pyrrole nitrogens is 1. The molecule has 1 aromatic carbocycles. The maximum absolute atomic E-state index is 4.22. The lowest BCUT2D eigenvalue weighted by molar-refractivity contribution is 0.609. The fourth-order valence-corrected chi connectivity index (χ4v) is 1.77. The van der Waals surface area contributed by atoms with Gasteiger partial charge in [-0.05, 0) is 45.0 Å². The number of hydrogen-bond acceptors (Lipinski definition) is 2. The minimum Gasteiger partial charge on any atom is -0.317 e. The lowest BCUT2D eigenvalue weighted by Gasteiger charge is -2.09. The zero-order valence-electron chi connectivity index (χ0n) is 9.46. The van der Waals surface area contributed by atoms with Gasteiger partial charge in [0.25, 0.3) is 0 Å². The minimum atomic E-state index is 0.509. The van der Waals surface area contributed by atoms with E-state index in [2.05, 4.69) is 47.6 Å². The summed E-state index contributed by atoms with van der Waals surface area (Å²) in [5.74, 6) is 0. The summed E-state index contributed by atoms with van der Waals surface area (Å²) in [6, 6.07) is 6.96. The molecule has 3 heteroatoms. The average Bonchev–Trinajstić information content (AvgIpc) is 2.60. The van der Waals surface area contributed by atoms with Crippen LogP contribution in [0.3, 0.4) is 0 Å². The molecule has 2 aromatic rings. The molecule has 0 saturated heterocycles. The van der Waals surface area contributed by atoms with Crippen LogP contribution in [0.25, 0.3) is 10.9 Å². The number of aryl methyl sites for hydroxylation is 1. The average molecular weight is 203 g/mol. The van der Waals surface area contributed by atoms with Gasteiger partial charge in [0.2, 0.25) is 0 Å². The van der Waals surface area contributed by atoms with E-state index < -0.39 is 0 Å². The second kappa shape index (κ2) is 4.03. The van der Waals surface area contributed by atoms with Crippen LogP contribution in [0.15, 0.2) is 18.2 Å². The van der Waals surface area contributed by atoms with Crippen LogP contribution in [0.1, 0.15) is 18.2 Å². The van der Waals surface area contributed by atoms with Crippen molar-refractivity contribution in [1.29, 1.82) is 0 Å². The number of nitrogens with one attached hydrogen (secondary N) is 2. The van der Waals surface area contributed by atoms with Crippen LogP contribution >= 0.6 is 0 Å². The molecule has 0 aliphatic heterocycles. The molecule has 0 fully saturated rings. The molecule has 1 aromatic heterocycles. The van der Waals surface area contributed by atoms with Crippen molar-refractivity contribution < 1.29 is 0 Å². The molecule has 0 aliphatic carbocycles. The zero-order valence-corrected chi connectivity index (χ0v) is 9.46. The summed E-state index contributed by atoms with van der Waals surface area (Å²) in [6.45, 7) is 4.24. The van der Waals surface area contributed by atoms with Gasteiger partial charge in [-0.2, -0.15) is 5.10 Å². The van der Waals surface area contributed by atoms with Gasteiger partial charge in [0, 0.05) is 17.1 Å². The van der Waals surface area contributed by atoms with Crippen LogP contribution in [0.2, 0.25) is 0 Å². The zero-order chi connectivity index (χ0) is 10.8. The Morgan fingerprint density at radius 1 is 1.47 bits per heavy atom. The van der Waals surface area contributed by atoms with Crippen LogP contribution in [0, 0.1) is 6.92 Å². The van der Waals surface area contributed by atoms with Crippen molar-refractivity contribution >= 4 is 10.9 Å². The molecular formula is C12H17N3. The molecule has 0 aliphatic rings. The van der Waals surface area contributed by atoms with Gasteiger partial charge in [0.05, 0.1) is 5.52 Å². The molecule has 2 N–H and O–H groups in total. The van der Waals surface area contributed by atoms with Crippen molar-refractivity contribution in [2.45, 2.75) is 26.3 Å². The third-order valence-electron chi connectivity index (χ3n) is 2.84. The molecule has 1 unspecified atom stereocenters. The van der Waals surface area contributed by atoms with E-state index in [1.54, 1.807) is 0 Å². The van der Waals surface area contributed by atoms with E-state index in [-0.39, 0.29) is 0 Å². The Morgan fingerprint density at radius 2 is 2.27 bits per heavy atom. The van der Waals surface area contributed by atoms with E-state index >= 15 is 0 Å². The highest BCUT2D eigenvalue weighted by molar-refractivity contribution is 5.81. The van der Waals surface area contributed by atoms with Gasteiger partial charge in [-0.15, -0.1) is 0 Å². The number of hydrogen-bond donors (Lipinski definition) is 2. The SMILES string of the molecule is CNC(C)Cc1ccc2n[nH]c(C)c2c1. The Kier molecular flexibility index (Phi) is 2.73. The number of likely N-dealkylation sites (N-methyl/N-ethyl adjacent to an activating group) is 1. The standard InChI is InChI=1S/C12H17N3/c1-8(13-3)6-10-4-5-12-11(7-10)9(2)14-15-12/h4-5,7-8,13H,6H2,1-3H3,(H,14,15). The quantitative estimate of drug-likeness (QED) is 0.801. The number of aromatic amines is 1. The molecule has 80 valence electrons. The maximum atomic E-state index is 4.22. The van der Waals surface area contributed by atoms with Crippen molar-refractivity contribution in [3.8, 4) is 0 Å². The monoisotopic (exact) mass is 203 g/mol. The normalized spacial score (nSPS) is 13.3. The van der Waals surface area contributed by atoms with Crippen molar-refractivity contribution in [3.05, 3.63) is 29.5 Å². The summed E-state index contributed by atoms with van der Waals surface area (Å²) in [5.41, 5.74) is 3.55. The van der Waals surface area contributed by atoms with Gasteiger partial charge in [-0.3, -0.25) is 5.10 Å². The first-order chi connectivity index (χ1) is 7.20. The predicted molar refractivity (Wildman–Crippen MR) is 63.1 cm³/mol. The van der Waals surface area contributed by atoms with Crippen molar-refractivity contribution in [1.82, 2.24) is 15.5 Å². The predicted octanol–water partition coefficient (Wildman–Crippen LogP) is 2.02. The maximum Gasteiger partial charge on any atom is 0.0923 e. The van der Waals surface area contributed by atoms with Gasteiger partial charge in [0.15, 0.2) is 0 Å². The summed E-state index contributed by atoms with van der Waals surface area (Å²) in [7, 11) is 1.99. The Bertz CT molecular complexity index is 459. The van der Waals surface area contributed by atoms with E-state index in [4.69, 9.17) is 0 Å². The molecule has 0 amide bonds. The van der Waals surface area contributed by atoms with Crippen molar-refractivity contribution in [2.24, 2.45) is 0 Å². The first-order valence-electron chi connectivity index (χ1n) is 5.31. The van der Waals surface area contributed by atoms with E-state index in [0.29, 0.717) is 6.04 Å². The van der Waals surface area contributed by atoms with Crippen LogP contribution < -0.4 is 5.32 Å². The van der Waals surface area contributed by atoms with E-state index in [1.807, 2.05) is 7.05 Å². The third kappa shape index (κ3) is 2.02. The highest BCUT2D eigenvalue weighted by Gasteiger charge is 2.04. The number of fused-ring (bicyclic) bond motifs is 1. The van der Waals surface area contributed by atoms with Gasteiger partial charge in [-0.1, -0.05) is 6.07 Å². The summed E-state index contributed by atoms with van der Waals surface area (Å²) in [5, 5.41) is 11.7. The number of aromatic nitrogens is 2. The summed E-state index contributed by atoms with van der Waals surface area (Å²) in [4.78, 5) is 0. The molecular weight excluding hydrogens is 186 g/mol. The van der Waals surface area contributed by atoms with Gasteiger partial charge >= 0.3 is 0 Å². The van der Waals surface area contributed by atoms with E-state index in [9.17, 15) is 0 Å². The van der Waals surface area contributed by atoms with Crippen LogP contribution in [0.5, 0.6) is 0 Å². The Morgan fingerprint density at radius 3 is 3.00 bits per heavy atom. The second-order valence-electron chi connectivity index (χ2n) is 4.09. The largest absolute Gasteiger partial charge is 0.317 e. The van der Waals surface area contributed by atoms with Crippen LogP contribution in [-0.4, -0.2) is 23.3 Å².